The molecule has 4 rings (SSSR count). The number of rotatable bonds is 5. The predicted molar refractivity (Wildman–Crippen MR) is 114 cm³/mol. The van der Waals surface area contributed by atoms with E-state index in [4.69, 9.17) is 0 Å². The first kappa shape index (κ1) is 23.3. The molecule has 0 radical (unpaired) electrons. The van der Waals surface area contributed by atoms with Gasteiger partial charge in [0, 0.05) is 30.6 Å². The van der Waals surface area contributed by atoms with E-state index >= 15 is 0 Å². The molecular weight excluding hydrogens is 461 g/mol. The van der Waals surface area contributed by atoms with E-state index in [2.05, 4.69) is 19.5 Å². The van der Waals surface area contributed by atoms with Gasteiger partial charge in [-0.1, -0.05) is 13.0 Å². The van der Waals surface area contributed by atoms with Crippen LogP contribution >= 0.6 is 0 Å². The van der Waals surface area contributed by atoms with Crippen molar-refractivity contribution in [2.24, 2.45) is 11.8 Å². The van der Waals surface area contributed by atoms with Crippen LogP contribution in [0, 0.1) is 18.8 Å². The van der Waals surface area contributed by atoms with Crippen molar-refractivity contribution in [3.05, 3.63) is 41.7 Å². The van der Waals surface area contributed by atoms with Crippen LogP contribution in [0.4, 0.5) is 24.7 Å². The van der Waals surface area contributed by atoms with Crippen molar-refractivity contribution in [2.45, 2.75) is 51.2 Å². The highest BCUT2D eigenvalue weighted by Crippen LogP contribution is 2.49. The molecule has 1 N–H and O–H groups in total. The summed E-state index contributed by atoms with van der Waals surface area (Å²) in [7, 11) is -5.89. The minimum absolute atomic E-state index is 0.148. The molecule has 0 bridgehead atoms. The lowest BCUT2D eigenvalue weighted by Crippen LogP contribution is -2.51. The third-order valence-corrected chi connectivity index (χ3v) is 6.87. The second-order valence-electron chi connectivity index (χ2n) is 8.40. The van der Waals surface area contributed by atoms with Gasteiger partial charge < -0.3 is 14.4 Å². The van der Waals surface area contributed by atoms with Crippen molar-refractivity contribution >= 4 is 27.5 Å². The summed E-state index contributed by atoms with van der Waals surface area (Å²) in [4.78, 5) is 22.8. The number of hydrogen-bond acceptors (Lipinski definition) is 7. The summed E-state index contributed by atoms with van der Waals surface area (Å²) in [5, 5.41) is 3.28. The summed E-state index contributed by atoms with van der Waals surface area (Å²) in [5.41, 5.74) is -4.22. The standard InChI is InChI=1S/C21H23F3N4O4S/c1-11-5-4-6-16(25-11)26-18-12(2)20(14-7-8-14)28(13(3)29)15-9-10-17(27-19(15)18)32-33(30,31)21(22,23)24/h4-6,9-10,12,14,18,20H,7-8H2,1-3H3,(H,25,26). The Balaban J connectivity index is 1.81. The Kier molecular flexibility index (Phi) is 5.75. The number of nitrogens with zero attached hydrogens (tertiary/aromatic N) is 3. The molecule has 1 saturated carbocycles. The van der Waals surface area contributed by atoms with Gasteiger partial charge in [-0.15, -0.1) is 0 Å². The lowest BCUT2D eigenvalue weighted by molar-refractivity contribution is -0.117. The highest BCUT2D eigenvalue weighted by atomic mass is 32.2. The van der Waals surface area contributed by atoms with Crippen LogP contribution in [0.15, 0.2) is 30.3 Å². The molecule has 2 aromatic heterocycles. The topological polar surface area (TPSA) is 101 Å². The zero-order chi connectivity index (χ0) is 24.1. The van der Waals surface area contributed by atoms with Crippen LogP contribution in [0.25, 0.3) is 0 Å². The normalized spacial score (nSPS) is 23.1. The first-order valence-corrected chi connectivity index (χ1v) is 11.8. The molecule has 2 aliphatic rings. The van der Waals surface area contributed by atoms with Gasteiger partial charge in [-0.05, 0) is 43.9 Å². The van der Waals surface area contributed by atoms with Crippen LogP contribution in [0.1, 0.15) is 44.1 Å². The third-order valence-electron chi connectivity index (χ3n) is 5.91. The van der Waals surface area contributed by atoms with Crippen molar-refractivity contribution < 1.29 is 30.6 Å². The second-order valence-corrected chi connectivity index (χ2v) is 9.94. The number of amides is 1. The van der Waals surface area contributed by atoms with Crippen LogP contribution in [0.3, 0.4) is 0 Å². The lowest BCUT2D eigenvalue weighted by atomic mass is 9.82. The molecule has 1 fully saturated rings. The largest absolute Gasteiger partial charge is 0.534 e. The zero-order valence-electron chi connectivity index (χ0n) is 18.1. The van der Waals surface area contributed by atoms with Crippen LogP contribution in [0.2, 0.25) is 0 Å². The van der Waals surface area contributed by atoms with Gasteiger partial charge in [0.1, 0.15) is 5.82 Å². The average Bonchev–Trinajstić information content (AvgIpc) is 3.53. The summed E-state index contributed by atoms with van der Waals surface area (Å²) < 4.78 is 65.7. The number of carbonyl (C=O) groups excluding carboxylic acids is 1. The van der Waals surface area contributed by atoms with Crippen molar-refractivity contribution in [1.29, 1.82) is 0 Å². The number of aryl methyl sites for hydroxylation is 1. The smallest absolute Gasteiger partial charge is 0.361 e. The van der Waals surface area contributed by atoms with Crippen LogP contribution in [0.5, 0.6) is 5.88 Å². The van der Waals surface area contributed by atoms with Gasteiger partial charge in [0.15, 0.2) is 0 Å². The summed E-state index contributed by atoms with van der Waals surface area (Å²) in [6, 6.07) is 7.09. The molecule has 2 aromatic rings. The monoisotopic (exact) mass is 484 g/mol. The Morgan fingerprint density at radius 1 is 1.18 bits per heavy atom. The maximum atomic E-state index is 12.8. The second kappa shape index (κ2) is 8.15. The number of halogens is 3. The fraction of sp³-hybridized carbons (Fsp3) is 0.476. The molecule has 12 heteroatoms. The molecule has 3 atom stereocenters. The first-order chi connectivity index (χ1) is 15.4. The molecule has 1 amide bonds. The maximum absolute atomic E-state index is 12.8. The Labute approximate surface area is 189 Å². The zero-order valence-corrected chi connectivity index (χ0v) is 18.9. The van der Waals surface area contributed by atoms with E-state index in [1.807, 2.05) is 26.0 Å². The number of aromatic nitrogens is 2. The van der Waals surface area contributed by atoms with Crippen molar-refractivity contribution in [3.63, 3.8) is 0 Å². The quantitative estimate of drug-likeness (QED) is 0.507. The Morgan fingerprint density at radius 3 is 2.45 bits per heavy atom. The molecule has 0 aromatic carbocycles. The van der Waals surface area contributed by atoms with Crippen LogP contribution in [-0.2, 0) is 14.9 Å². The molecule has 1 aliphatic carbocycles. The number of nitrogens with one attached hydrogen (secondary N) is 1. The van der Waals surface area contributed by atoms with E-state index < -0.39 is 27.5 Å². The molecule has 0 saturated heterocycles. The van der Waals surface area contributed by atoms with E-state index in [1.54, 1.807) is 11.0 Å². The predicted octanol–water partition coefficient (Wildman–Crippen LogP) is 3.95. The Morgan fingerprint density at radius 2 is 1.88 bits per heavy atom. The number of hydrogen-bond donors (Lipinski definition) is 1. The van der Waals surface area contributed by atoms with Gasteiger partial charge in [-0.25, -0.2) is 9.97 Å². The number of alkyl halides is 3. The Hall–Kier alpha value is -2.89. The number of pyridine rings is 2. The Bertz CT molecular complexity index is 1180. The minimum atomic E-state index is -5.89. The van der Waals surface area contributed by atoms with Crippen LogP contribution < -0.4 is 14.4 Å². The van der Waals surface area contributed by atoms with E-state index in [1.165, 1.54) is 13.0 Å². The summed E-state index contributed by atoms with van der Waals surface area (Å²) in [6.07, 6.45) is 1.92. The minimum Gasteiger partial charge on any atom is -0.361 e. The van der Waals surface area contributed by atoms with Crippen molar-refractivity contribution in [2.75, 3.05) is 10.2 Å². The fourth-order valence-corrected chi connectivity index (χ4v) is 4.78. The van der Waals surface area contributed by atoms with Gasteiger partial charge in [-0.3, -0.25) is 4.79 Å². The van der Waals surface area contributed by atoms with Gasteiger partial charge in [-0.2, -0.15) is 21.6 Å². The van der Waals surface area contributed by atoms with Crippen molar-refractivity contribution in [3.8, 4) is 5.88 Å². The molecule has 178 valence electrons. The van der Waals surface area contributed by atoms with Crippen molar-refractivity contribution in [1.82, 2.24) is 9.97 Å². The number of fused-ring (bicyclic) bond motifs is 1. The van der Waals surface area contributed by atoms with Gasteiger partial charge in [0.05, 0.1) is 17.4 Å². The summed E-state index contributed by atoms with van der Waals surface area (Å²) in [6.45, 7) is 5.16. The molecule has 1 aliphatic heterocycles. The SMILES string of the molecule is CC(=O)N1c2ccc(OS(=O)(=O)C(F)(F)F)nc2C(Nc2cccc(C)n2)C(C)C1C1CC1. The molecule has 3 heterocycles. The fourth-order valence-electron chi connectivity index (χ4n) is 4.37. The van der Waals surface area contributed by atoms with E-state index in [0.29, 0.717) is 11.5 Å². The number of carbonyl (C=O) groups is 1. The van der Waals surface area contributed by atoms with E-state index in [0.717, 1.165) is 24.6 Å². The third kappa shape index (κ3) is 4.48. The average molecular weight is 485 g/mol. The summed E-state index contributed by atoms with van der Waals surface area (Å²) >= 11 is 0. The highest BCUT2D eigenvalue weighted by molar-refractivity contribution is 7.87. The highest BCUT2D eigenvalue weighted by Gasteiger charge is 2.50. The van der Waals surface area contributed by atoms with Gasteiger partial charge in [0.25, 0.3) is 0 Å². The van der Waals surface area contributed by atoms with E-state index in [9.17, 15) is 26.4 Å². The number of anilines is 2. The molecule has 0 spiro atoms. The lowest BCUT2D eigenvalue weighted by Gasteiger charge is -2.45. The van der Waals surface area contributed by atoms with E-state index in [-0.39, 0.29) is 29.5 Å². The van der Waals surface area contributed by atoms with Gasteiger partial charge in [0.2, 0.25) is 11.8 Å². The molecule has 3 unspecified atom stereocenters. The molecule has 8 nitrogen and oxygen atoms in total. The van der Waals surface area contributed by atoms with Gasteiger partial charge >= 0.3 is 15.6 Å². The first-order valence-electron chi connectivity index (χ1n) is 10.4. The molecular formula is C21H23F3N4O4S. The molecule has 33 heavy (non-hydrogen) atoms. The summed E-state index contributed by atoms with van der Waals surface area (Å²) in [5.74, 6) is -0.340. The van der Waals surface area contributed by atoms with Crippen LogP contribution in [-0.4, -0.2) is 35.8 Å². The maximum Gasteiger partial charge on any atom is 0.534 e.